The minimum Gasteiger partial charge on any atom is -0.382 e. The number of carbonyl (C=O) groups excluding carboxylic acids is 2. The Kier molecular flexibility index (Phi) is 5.61. The quantitative estimate of drug-likeness (QED) is 0.762. The highest BCUT2D eigenvalue weighted by Crippen LogP contribution is 2.46. The largest absolute Gasteiger partial charge is 0.382 e. The van der Waals surface area contributed by atoms with E-state index in [1.165, 1.54) is 15.3 Å². The standard InChI is InChI=1S/C20H26N6O3S/c1-25(2)19(28)24-12-18(27)26-6-4-20(5-7-26)13-9-16(30-15(13)3-8-29-20)14-10-23-17(21)11-22-14/h9-11H,3-8,12H2,1-2H3,(H2,21,23)(H,24,28). The summed E-state index contributed by atoms with van der Waals surface area (Å²) in [5.74, 6) is 0.331. The van der Waals surface area contributed by atoms with Crippen LogP contribution >= 0.6 is 11.3 Å². The zero-order valence-corrected chi connectivity index (χ0v) is 18.0. The van der Waals surface area contributed by atoms with Crippen molar-refractivity contribution in [1.82, 2.24) is 25.1 Å². The van der Waals surface area contributed by atoms with Crippen molar-refractivity contribution in [3.8, 4) is 10.6 Å². The van der Waals surface area contributed by atoms with Gasteiger partial charge in [-0.2, -0.15) is 0 Å². The lowest BCUT2D eigenvalue weighted by Crippen LogP contribution is -2.50. The monoisotopic (exact) mass is 430 g/mol. The summed E-state index contributed by atoms with van der Waals surface area (Å²) in [5.41, 5.74) is 7.31. The third-order valence-electron chi connectivity index (χ3n) is 5.65. The topological polar surface area (TPSA) is 114 Å². The third-order valence-corrected chi connectivity index (χ3v) is 6.87. The highest BCUT2D eigenvalue weighted by molar-refractivity contribution is 7.15. The predicted octanol–water partition coefficient (Wildman–Crippen LogP) is 1.45. The molecule has 2 aliphatic rings. The Morgan fingerprint density at radius 1 is 1.30 bits per heavy atom. The third kappa shape index (κ3) is 3.97. The second kappa shape index (κ2) is 8.19. The van der Waals surface area contributed by atoms with Gasteiger partial charge in [-0.3, -0.25) is 4.79 Å². The van der Waals surface area contributed by atoms with E-state index in [1.54, 1.807) is 42.7 Å². The van der Waals surface area contributed by atoms with E-state index < -0.39 is 0 Å². The van der Waals surface area contributed by atoms with Gasteiger partial charge in [-0.1, -0.05) is 0 Å². The molecule has 0 aromatic carbocycles. The maximum atomic E-state index is 12.5. The molecule has 160 valence electrons. The molecule has 0 atom stereocenters. The lowest BCUT2D eigenvalue weighted by atomic mass is 9.82. The van der Waals surface area contributed by atoms with Gasteiger partial charge in [-0.05, 0) is 24.5 Å². The first kappa shape index (κ1) is 20.5. The fourth-order valence-corrected chi connectivity index (χ4v) is 5.15. The Hall–Kier alpha value is -2.72. The summed E-state index contributed by atoms with van der Waals surface area (Å²) in [6.07, 6.45) is 5.61. The van der Waals surface area contributed by atoms with Crippen LogP contribution in [0.2, 0.25) is 0 Å². The SMILES string of the molecule is CN(C)C(=O)NCC(=O)N1CCC2(CC1)OCCc1sc(-c3cnc(N)cn3)cc12. The number of fused-ring (bicyclic) bond motifs is 2. The van der Waals surface area contributed by atoms with Crippen LogP contribution < -0.4 is 11.1 Å². The van der Waals surface area contributed by atoms with E-state index in [0.717, 1.165) is 29.8 Å². The number of hydrogen-bond donors (Lipinski definition) is 2. The van der Waals surface area contributed by atoms with Gasteiger partial charge < -0.3 is 25.6 Å². The summed E-state index contributed by atoms with van der Waals surface area (Å²) in [5, 5.41) is 2.64. The number of carbonyl (C=O) groups is 2. The maximum absolute atomic E-state index is 12.5. The number of anilines is 1. The summed E-state index contributed by atoms with van der Waals surface area (Å²) in [6.45, 7) is 1.88. The van der Waals surface area contributed by atoms with Crippen molar-refractivity contribution in [2.45, 2.75) is 24.9 Å². The lowest BCUT2D eigenvalue weighted by Gasteiger charge is -2.44. The first-order valence-corrected chi connectivity index (χ1v) is 10.8. The van der Waals surface area contributed by atoms with E-state index in [0.29, 0.717) is 25.5 Å². The molecule has 1 fully saturated rings. The molecular weight excluding hydrogens is 404 g/mol. The van der Waals surface area contributed by atoms with Crippen LogP contribution in [0.1, 0.15) is 23.3 Å². The molecule has 10 heteroatoms. The van der Waals surface area contributed by atoms with Gasteiger partial charge in [0.15, 0.2) is 0 Å². The molecule has 0 bridgehead atoms. The average molecular weight is 431 g/mol. The summed E-state index contributed by atoms with van der Waals surface area (Å²) in [4.78, 5) is 38.3. The van der Waals surface area contributed by atoms with Crippen molar-refractivity contribution in [1.29, 1.82) is 0 Å². The van der Waals surface area contributed by atoms with Gasteiger partial charge in [0.05, 0.1) is 41.7 Å². The molecule has 4 heterocycles. The normalized spacial score (nSPS) is 17.5. The number of thiophene rings is 1. The second-order valence-electron chi connectivity index (χ2n) is 7.80. The Labute approximate surface area is 179 Å². The number of nitrogens with two attached hydrogens (primary N) is 1. The highest BCUT2D eigenvalue weighted by Gasteiger charge is 2.42. The van der Waals surface area contributed by atoms with Crippen molar-refractivity contribution in [3.63, 3.8) is 0 Å². The Morgan fingerprint density at radius 3 is 2.73 bits per heavy atom. The number of likely N-dealkylation sites (tertiary alicyclic amines) is 1. The first-order valence-electron chi connectivity index (χ1n) is 9.96. The molecule has 0 unspecified atom stereocenters. The van der Waals surface area contributed by atoms with Crippen molar-refractivity contribution in [3.05, 3.63) is 28.9 Å². The Morgan fingerprint density at radius 2 is 2.07 bits per heavy atom. The van der Waals surface area contributed by atoms with Crippen LogP contribution in [0.4, 0.5) is 10.6 Å². The van der Waals surface area contributed by atoms with E-state index in [9.17, 15) is 9.59 Å². The number of hydrogen-bond acceptors (Lipinski definition) is 7. The summed E-state index contributed by atoms with van der Waals surface area (Å²) in [6, 6.07) is 1.89. The predicted molar refractivity (Wildman–Crippen MR) is 114 cm³/mol. The number of piperidine rings is 1. The number of ether oxygens (including phenoxy) is 1. The summed E-state index contributed by atoms with van der Waals surface area (Å²) < 4.78 is 6.30. The molecule has 30 heavy (non-hydrogen) atoms. The van der Waals surface area contributed by atoms with Gasteiger partial charge in [-0.25, -0.2) is 14.8 Å². The van der Waals surface area contributed by atoms with E-state index in [-0.39, 0.29) is 24.1 Å². The molecule has 1 saturated heterocycles. The zero-order valence-electron chi connectivity index (χ0n) is 17.2. The molecular formula is C20H26N6O3S. The first-order chi connectivity index (χ1) is 14.4. The molecule has 0 radical (unpaired) electrons. The highest BCUT2D eigenvalue weighted by atomic mass is 32.1. The number of rotatable bonds is 3. The minimum atomic E-state index is -0.368. The zero-order chi connectivity index (χ0) is 21.3. The van der Waals surface area contributed by atoms with Gasteiger partial charge >= 0.3 is 6.03 Å². The molecule has 3 N–H and O–H groups in total. The summed E-state index contributed by atoms with van der Waals surface area (Å²) in [7, 11) is 3.29. The van der Waals surface area contributed by atoms with Crippen molar-refractivity contribution in [2.24, 2.45) is 0 Å². The van der Waals surface area contributed by atoms with Gasteiger partial charge in [-0.15, -0.1) is 11.3 Å². The molecule has 3 amide bonds. The fourth-order valence-electron chi connectivity index (χ4n) is 3.96. The van der Waals surface area contributed by atoms with Gasteiger partial charge in [0.25, 0.3) is 0 Å². The van der Waals surface area contributed by atoms with Crippen molar-refractivity contribution >= 4 is 29.1 Å². The van der Waals surface area contributed by atoms with E-state index >= 15 is 0 Å². The lowest BCUT2D eigenvalue weighted by molar-refractivity contribution is -0.139. The second-order valence-corrected chi connectivity index (χ2v) is 8.94. The number of aromatic nitrogens is 2. The smallest absolute Gasteiger partial charge is 0.317 e. The van der Waals surface area contributed by atoms with Crippen LogP contribution in [0.15, 0.2) is 18.5 Å². The Balaban J connectivity index is 1.45. The Bertz CT molecular complexity index is 935. The molecule has 0 aliphatic carbocycles. The number of amides is 3. The molecule has 1 spiro atoms. The minimum absolute atomic E-state index is 0.00846. The maximum Gasteiger partial charge on any atom is 0.317 e. The number of nitrogens with zero attached hydrogens (tertiary/aromatic N) is 4. The van der Waals surface area contributed by atoms with E-state index in [4.69, 9.17) is 10.5 Å². The van der Waals surface area contributed by atoms with E-state index in [2.05, 4.69) is 21.4 Å². The van der Waals surface area contributed by atoms with E-state index in [1.807, 2.05) is 0 Å². The van der Waals surface area contributed by atoms with Crippen LogP contribution in [0.25, 0.3) is 10.6 Å². The number of nitrogen functional groups attached to an aromatic ring is 1. The average Bonchev–Trinajstić information content (AvgIpc) is 3.19. The molecule has 2 aromatic rings. The molecule has 4 rings (SSSR count). The molecule has 2 aliphatic heterocycles. The number of urea groups is 1. The van der Waals surface area contributed by atoms with Crippen LogP contribution in [0.5, 0.6) is 0 Å². The molecule has 9 nitrogen and oxygen atoms in total. The van der Waals surface area contributed by atoms with Crippen LogP contribution in [-0.2, 0) is 21.6 Å². The fraction of sp³-hybridized carbons (Fsp3) is 0.500. The van der Waals surface area contributed by atoms with Crippen LogP contribution in [0.3, 0.4) is 0 Å². The van der Waals surface area contributed by atoms with Gasteiger partial charge in [0.2, 0.25) is 5.91 Å². The van der Waals surface area contributed by atoms with Crippen molar-refractivity contribution in [2.75, 3.05) is 46.1 Å². The summed E-state index contributed by atoms with van der Waals surface area (Å²) >= 11 is 1.73. The van der Waals surface area contributed by atoms with Gasteiger partial charge in [0, 0.05) is 38.5 Å². The van der Waals surface area contributed by atoms with Crippen molar-refractivity contribution < 1.29 is 14.3 Å². The van der Waals surface area contributed by atoms with Gasteiger partial charge in [0.1, 0.15) is 5.82 Å². The molecule has 0 saturated carbocycles. The van der Waals surface area contributed by atoms with Crippen LogP contribution in [0, 0.1) is 0 Å². The van der Waals surface area contributed by atoms with Crippen LogP contribution in [-0.4, -0.2) is 72.0 Å². The number of nitrogens with one attached hydrogen (secondary N) is 1. The molecule has 2 aromatic heterocycles.